The Morgan fingerprint density at radius 1 is 2.00 bits per heavy atom. The molecule has 1 heterocycles. The highest BCUT2D eigenvalue weighted by Crippen LogP contribution is 1.92. The molecule has 2 nitrogen and oxygen atoms in total. The van der Waals surface area contributed by atoms with Crippen LogP contribution < -0.4 is 5.48 Å². The standard InChI is InChI=1S/C4H6NO/c1-4-2-3-5-6-4/h2,4-5H,1H3. The van der Waals surface area contributed by atoms with E-state index in [1.807, 2.05) is 13.0 Å². The zero-order chi connectivity index (χ0) is 4.41. The summed E-state index contributed by atoms with van der Waals surface area (Å²) in [5.74, 6) is 0. The molecule has 0 spiro atoms. The van der Waals surface area contributed by atoms with Crippen LogP contribution in [0, 0.1) is 6.20 Å². The minimum absolute atomic E-state index is 0.199. The molecule has 1 atom stereocenters. The summed E-state index contributed by atoms with van der Waals surface area (Å²) in [7, 11) is 0. The van der Waals surface area contributed by atoms with Crippen molar-refractivity contribution < 1.29 is 4.84 Å². The maximum atomic E-state index is 4.74. The zero-order valence-corrected chi connectivity index (χ0v) is 3.56. The topological polar surface area (TPSA) is 21.3 Å². The molecule has 2 heteroatoms. The summed E-state index contributed by atoms with van der Waals surface area (Å²) in [5, 5.41) is 0. The van der Waals surface area contributed by atoms with Crippen molar-refractivity contribution in [2.24, 2.45) is 0 Å². The van der Waals surface area contributed by atoms with Crippen LogP contribution in [-0.4, -0.2) is 6.10 Å². The molecule has 1 unspecified atom stereocenters. The Morgan fingerprint density at radius 2 is 2.83 bits per heavy atom. The van der Waals surface area contributed by atoms with Crippen LogP contribution >= 0.6 is 0 Å². The van der Waals surface area contributed by atoms with E-state index >= 15 is 0 Å². The molecular formula is C4H6NO. The van der Waals surface area contributed by atoms with Crippen molar-refractivity contribution in [2.75, 3.05) is 0 Å². The van der Waals surface area contributed by atoms with Gasteiger partial charge in [0.25, 0.3) is 0 Å². The first-order valence-corrected chi connectivity index (χ1v) is 1.89. The monoisotopic (exact) mass is 84.0 g/mol. The summed E-state index contributed by atoms with van der Waals surface area (Å²) in [6.45, 7) is 1.94. The molecule has 0 saturated carbocycles. The molecule has 1 aliphatic heterocycles. The fraction of sp³-hybridized carbons (Fsp3) is 0.500. The molecule has 0 saturated heterocycles. The van der Waals surface area contributed by atoms with Gasteiger partial charge in [0.2, 0.25) is 0 Å². The summed E-state index contributed by atoms with van der Waals surface area (Å²) < 4.78 is 0. The molecule has 6 heavy (non-hydrogen) atoms. The van der Waals surface area contributed by atoms with Crippen LogP contribution in [-0.2, 0) is 4.84 Å². The SMILES string of the molecule is CC1C=[C]NO1. The lowest BCUT2D eigenvalue weighted by molar-refractivity contribution is 0.0551. The molecule has 1 rings (SSSR count). The number of hydrogen-bond acceptors (Lipinski definition) is 2. The van der Waals surface area contributed by atoms with Crippen LogP contribution in [0.3, 0.4) is 0 Å². The average Bonchev–Trinajstić information content (AvgIpc) is 1.86. The first-order chi connectivity index (χ1) is 2.89. The molecule has 0 amide bonds. The third-order valence-electron chi connectivity index (χ3n) is 0.622. The van der Waals surface area contributed by atoms with Crippen LogP contribution in [0.2, 0.25) is 0 Å². The highest BCUT2D eigenvalue weighted by Gasteiger charge is 1.98. The van der Waals surface area contributed by atoms with E-state index in [2.05, 4.69) is 11.7 Å². The Balaban J connectivity index is 2.38. The molecule has 0 fully saturated rings. The van der Waals surface area contributed by atoms with Crippen molar-refractivity contribution in [3.63, 3.8) is 0 Å². The highest BCUT2D eigenvalue weighted by atomic mass is 16.7. The van der Waals surface area contributed by atoms with Crippen molar-refractivity contribution in [3.05, 3.63) is 12.3 Å². The fourth-order valence-electron chi connectivity index (χ4n) is 0.312. The van der Waals surface area contributed by atoms with Crippen molar-refractivity contribution in [2.45, 2.75) is 13.0 Å². The minimum atomic E-state index is 0.199. The quantitative estimate of drug-likeness (QED) is 0.453. The van der Waals surface area contributed by atoms with E-state index in [0.717, 1.165) is 0 Å². The number of rotatable bonds is 0. The van der Waals surface area contributed by atoms with E-state index in [1.54, 1.807) is 0 Å². The number of hydrogen-bond donors (Lipinski definition) is 1. The summed E-state index contributed by atoms with van der Waals surface area (Å²) in [6.07, 6.45) is 4.69. The second-order valence-electron chi connectivity index (χ2n) is 1.24. The summed E-state index contributed by atoms with van der Waals surface area (Å²) in [5.41, 5.74) is 2.47. The largest absolute Gasteiger partial charge is 0.269 e. The molecule has 0 bridgehead atoms. The average molecular weight is 84.1 g/mol. The Kier molecular flexibility index (Phi) is 0.801. The molecule has 33 valence electrons. The Hall–Kier alpha value is -0.500. The van der Waals surface area contributed by atoms with Crippen molar-refractivity contribution in [1.29, 1.82) is 0 Å². The van der Waals surface area contributed by atoms with E-state index in [9.17, 15) is 0 Å². The van der Waals surface area contributed by atoms with Gasteiger partial charge >= 0.3 is 0 Å². The van der Waals surface area contributed by atoms with Crippen molar-refractivity contribution in [3.8, 4) is 0 Å². The summed E-state index contributed by atoms with van der Waals surface area (Å²) in [4.78, 5) is 4.74. The van der Waals surface area contributed by atoms with Crippen LogP contribution in [0.15, 0.2) is 6.08 Å². The van der Waals surface area contributed by atoms with Crippen molar-refractivity contribution in [1.82, 2.24) is 5.48 Å². The molecule has 0 aromatic carbocycles. The number of nitrogens with one attached hydrogen (secondary N) is 1. The van der Waals surface area contributed by atoms with E-state index in [4.69, 9.17) is 4.84 Å². The van der Waals surface area contributed by atoms with Crippen LogP contribution in [0.1, 0.15) is 6.92 Å². The lowest BCUT2D eigenvalue weighted by Gasteiger charge is -1.93. The van der Waals surface area contributed by atoms with Crippen molar-refractivity contribution >= 4 is 0 Å². The minimum Gasteiger partial charge on any atom is -0.269 e. The Bertz CT molecular complexity index is 69.9. The van der Waals surface area contributed by atoms with Gasteiger partial charge in [0, 0.05) is 0 Å². The smallest absolute Gasteiger partial charge is 0.103 e. The van der Waals surface area contributed by atoms with E-state index in [-0.39, 0.29) is 6.10 Å². The molecule has 1 radical (unpaired) electrons. The van der Waals surface area contributed by atoms with Gasteiger partial charge in [-0.1, -0.05) is 0 Å². The van der Waals surface area contributed by atoms with Gasteiger partial charge in [-0.15, -0.1) is 0 Å². The van der Waals surface area contributed by atoms with Crippen LogP contribution in [0.5, 0.6) is 0 Å². The van der Waals surface area contributed by atoms with Gasteiger partial charge in [-0.25, -0.2) is 0 Å². The molecule has 0 aromatic rings. The molecule has 0 aromatic heterocycles. The summed E-state index contributed by atoms with van der Waals surface area (Å²) in [6, 6.07) is 0. The van der Waals surface area contributed by atoms with Gasteiger partial charge < -0.3 is 0 Å². The second kappa shape index (κ2) is 1.30. The van der Waals surface area contributed by atoms with Gasteiger partial charge in [-0.3, -0.25) is 10.3 Å². The molecule has 1 N–H and O–H groups in total. The maximum Gasteiger partial charge on any atom is 0.103 e. The van der Waals surface area contributed by atoms with E-state index in [0.29, 0.717) is 0 Å². The highest BCUT2D eigenvalue weighted by molar-refractivity contribution is 4.81. The maximum absolute atomic E-state index is 4.74. The third-order valence-corrected chi connectivity index (χ3v) is 0.622. The number of hydroxylamine groups is 1. The first kappa shape index (κ1) is 3.68. The third kappa shape index (κ3) is 0.518. The molecule has 0 aliphatic carbocycles. The molecular weight excluding hydrogens is 78.0 g/mol. The molecule has 1 aliphatic rings. The van der Waals surface area contributed by atoms with Crippen LogP contribution in [0.4, 0.5) is 0 Å². The van der Waals surface area contributed by atoms with Gasteiger partial charge in [0.05, 0.1) is 6.20 Å². The van der Waals surface area contributed by atoms with Gasteiger partial charge in [-0.05, 0) is 13.0 Å². The predicted octanol–water partition coefficient (Wildman–Crippen LogP) is 0.227. The summed E-state index contributed by atoms with van der Waals surface area (Å²) >= 11 is 0. The normalized spacial score (nSPS) is 30.5. The lowest BCUT2D eigenvalue weighted by atomic mass is 10.4. The van der Waals surface area contributed by atoms with E-state index in [1.165, 1.54) is 0 Å². The predicted molar refractivity (Wildman–Crippen MR) is 21.5 cm³/mol. The Morgan fingerprint density at radius 3 is 3.00 bits per heavy atom. The first-order valence-electron chi connectivity index (χ1n) is 1.89. The van der Waals surface area contributed by atoms with E-state index < -0.39 is 0 Å². The lowest BCUT2D eigenvalue weighted by Crippen LogP contribution is -2.05. The van der Waals surface area contributed by atoms with Gasteiger partial charge in [-0.2, -0.15) is 0 Å². The van der Waals surface area contributed by atoms with Gasteiger partial charge in [0.15, 0.2) is 0 Å². The fourth-order valence-corrected chi connectivity index (χ4v) is 0.312. The van der Waals surface area contributed by atoms with Gasteiger partial charge in [0.1, 0.15) is 6.10 Å². The van der Waals surface area contributed by atoms with Crippen LogP contribution in [0.25, 0.3) is 0 Å². The second-order valence-corrected chi connectivity index (χ2v) is 1.24. The Labute approximate surface area is 36.8 Å². The zero-order valence-electron chi connectivity index (χ0n) is 3.56.